The lowest BCUT2D eigenvalue weighted by molar-refractivity contribution is -0.125. The molecule has 0 spiro atoms. The zero-order valence-electron chi connectivity index (χ0n) is 14.6. The summed E-state index contributed by atoms with van der Waals surface area (Å²) < 4.78 is 25.3. The first-order chi connectivity index (χ1) is 12.5. The number of hydrogen-bond donors (Lipinski definition) is 0. The van der Waals surface area contributed by atoms with E-state index in [2.05, 4.69) is 4.98 Å². The number of hydrogen-bond acceptors (Lipinski definition) is 4. The van der Waals surface area contributed by atoms with E-state index < -0.39 is 10.0 Å². The normalized spacial score (nSPS) is 16.1. The molecule has 0 radical (unpaired) electrons. The van der Waals surface area contributed by atoms with Crippen LogP contribution in [0.2, 0.25) is 0 Å². The molecule has 7 heteroatoms. The smallest absolute Gasteiger partial charge is 0.246 e. The lowest BCUT2D eigenvalue weighted by Gasteiger charge is -2.16. The molecule has 1 aromatic heterocycles. The van der Waals surface area contributed by atoms with Crippen molar-refractivity contribution in [1.29, 1.82) is 0 Å². The summed E-state index contributed by atoms with van der Waals surface area (Å²) in [6, 6.07) is 10.9. The molecule has 6 nitrogen and oxygen atoms in total. The van der Waals surface area contributed by atoms with Gasteiger partial charge >= 0.3 is 0 Å². The molecule has 0 saturated carbocycles. The molecule has 2 heterocycles. The molecule has 0 unspecified atom stereocenters. The molecular weight excluding hydrogens is 350 g/mol. The van der Waals surface area contributed by atoms with Crippen LogP contribution in [-0.4, -0.2) is 43.6 Å². The number of carbonyl (C=O) groups excluding carboxylic acids is 1. The summed E-state index contributed by atoms with van der Waals surface area (Å²) in [6.07, 6.45) is 7.32. The predicted molar refractivity (Wildman–Crippen MR) is 102 cm³/mol. The van der Waals surface area contributed by atoms with Crippen molar-refractivity contribution in [2.75, 3.05) is 23.7 Å². The fourth-order valence-corrected chi connectivity index (χ4v) is 4.38. The maximum atomic E-state index is 12.2. The van der Waals surface area contributed by atoms with Gasteiger partial charge < -0.3 is 4.90 Å². The minimum atomic E-state index is -3.17. The van der Waals surface area contributed by atoms with Crippen molar-refractivity contribution in [3.8, 4) is 0 Å². The van der Waals surface area contributed by atoms with E-state index >= 15 is 0 Å². The van der Waals surface area contributed by atoms with Gasteiger partial charge in [0.15, 0.2) is 0 Å². The first-order valence-electron chi connectivity index (χ1n) is 8.38. The second kappa shape index (κ2) is 7.70. The Bertz CT molecular complexity index is 893. The lowest BCUT2D eigenvalue weighted by Crippen LogP contribution is -2.24. The molecule has 0 N–H and O–H groups in total. The van der Waals surface area contributed by atoms with Crippen molar-refractivity contribution in [2.24, 2.45) is 0 Å². The highest BCUT2D eigenvalue weighted by molar-refractivity contribution is 7.93. The standard InChI is InChI=1S/C19H21N3O3S/c1-21(15-17-4-2-11-20-14-17)19(23)10-7-16-5-8-18(9-6-16)22-12-3-13-26(22,24)25/h2,4-11,14H,3,12-13,15H2,1H3/b10-7+. The van der Waals surface area contributed by atoms with E-state index in [4.69, 9.17) is 0 Å². The summed E-state index contributed by atoms with van der Waals surface area (Å²) in [5, 5.41) is 0. The van der Waals surface area contributed by atoms with Gasteiger partial charge in [-0.25, -0.2) is 8.42 Å². The zero-order chi connectivity index (χ0) is 18.6. The van der Waals surface area contributed by atoms with E-state index in [9.17, 15) is 13.2 Å². The monoisotopic (exact) mass is 371 g/mol. The van der Waals surface area contributed by atoms with Crippen molar-refractivity contribution in [3.05, 3.63) is 66.0 Å². The molecule has 1 aromatic carbocycles. The third-order valence-electron chi connectivity index (χ3n) is 4.22. The quantitative estimate of drug-likeness (QED) is 0.756. The van der Waals surface area contributed by atoms with Gasteiger partial charge in [-0.05, 0) is 41.8 Å². The van der Waals surface area contributed by atoms with Gasteiger partial charge in [0.2, 0.25) is 15.9 Å². The van der Waals surface area contributed by atoms with Crippen molar-refractivity contribution in [3.63, 3.8) is 0 Å². The molecule has 1 saturated heterocycles. The van der Waals surface area contributed by atoms with E-state index in [1.54, 1.807) is 42.6 Å². The third kappa shape index (κ3) is 4.29. The Morgan fingerprint density at radius 2 is 2.04 bits per heavy atom. The number of pyridine rings is 1. The maximum absolute atomic E-state index is 12.2. The van der Waals surface area contributed by atoms with Crippen LogP contribution >= 0.6 is 0 Å². The summed E-state index contributed by atoms with van der Waals surface area (Å²) in [7, 11) is -1.43. The Balaban J connectivity index is 1.62. The Kier molecular flexibility index (Phi) is 5.37. The highest BCUT2D eigenvalue weighted by Crippen LogP contribution is 2.24. The van der Waals surface area contributed by atoms with E-state index in [0.29, 0.717) is 25.2 Å². The van der Waals surface area contributed by atoms with Gasteiger partial charge in [0.05, 0.1) is 11.4 Å². The third-order valence-corrected chi connectivity index (χ3v) is 6.09. The summed E-state index contributed by atoms with van der Waals surface area (Å²) >= 11 is 0. The van der Waals surface area contributed by atoms with Gasteiger partial charge in [-0.2, -0.15) is 0 Å². The minimum Gasteiger partial charge on any atom is -0.338 e. The molecule has 26 heavy (non-hydrogen) atoms. The van der Waals surface area contributed by atoms with Crippen molar-refractivity contribution in [2.45, 2.75) is 13.0 Å². The molecule has 1 fully saturated rings. The van der Waals surface area contributed by atoms with Gasteiger partial charge in [-0.15, -0.1) is 0 Å². The molecule has 1 aliphatic heterocycles. The van der Waals surface area contributed by atoms with Crippen LogP contribution in [-0.2, 0) is 21.4 Å². The van der Waals surface area contributed by atoms with Gasteiger partial charge in [-0.3, -0.25) is 14.1 Å². The topological polar surface area (TPSA) is 70.6 Å². The van der Waals surface area contributed by atoms with Gasteiger partial charge in [0, 0.05) is 38.6 Å². The molecule has 0 atom stereocenters. The Morgan fingerprint density at radius 3 is 2.65 bits per heavy atom. The SMILES string of the molecule is CN(Cc1cccnc1)C(=O)/C=C/c1ccc(N2CCCS2(=O)=O)cc1. The van der Waals surface area contributed by atoms with Crippen LogP contribution in [0.3, 0.4) is 0 Å². The molecule has 136 valence electrons. The van der Waals surface area contributed by atoms with E-state index in [-0.39, 0.29) is 11.7 Å². The summed E-state index contributed by atoms with van der Waals surface area (Å²) in [6.45, 7) is 1.01. The number of amides is 1. The zero-order valence-corrected chi connectivity index (χ0v) is 15.4. The molecule has 0 aliphatic carbocycles. The molecular formula is C19H21N3O3S. The molecule has 3 rings (SSSR count). The van der Waals surface area contributed by atoms with Crippen LogP contribution in [0.1, 0.15) is 17.5 Å². The number of rotatable bonds is 5. The number of carbonyl (C=O) groups is 1. The highest BCUT2D eigenvalue weighted by atomic mass is 32.2. The second-order valence-electron chi connectivity index (χ2n) is 6.22. The number of aromatic nitrogens is 1. The molecule has 2 aromatic rings. The van der Waals surface area contributed by atoms with Gasteiger partial charge in [-0.1, -0.05) is 18.2 Å². The summed E-state index contributed by atoms with van der Waals surface area (Å²) in [4.78, 5) is 17.9. The number of likely N-dealkylation sites (N-methyl/N-ethyl adjacent to an activating group) is 1. The summed E-state index contributed by atoms with van der Waals surface area (Å²) in [5.74, 6) is 0.0898. The fraction of sp³-hybridized carbons (Fsp3) is 0.263. The van der Waals surface area contributed by atoms with Crippen LogP contribution in [0.15, 0.2) is 54.9 Å². The molecule has 1 amide bonds. The van der Waals surface area contributed by atoms with Crippen LogP contribution in [0.25, 0.3) is 6.08 Å². The average molecular weight is 371 g/mol. The van der Waals surface area contributed by atoms with Crippen molar-refractivity contribution < 1.29 is 13.2 Å². The lowest BCUT2D eigenvalue weighted by atomic mass is 10.2. The average Bonchev–Trinajstić information content (AvgIpc) is 3.00. The highest BCUT2D eigenvalue weighted by Gasteiger charge is 2.28. The minimum absolute atomic E-state index is 0.111. The number of benzene rings is 1. The maximum Gasteiger partial charge on any atom is 0.246 e. The van der Waals surface area contributed by atoms with E-state index in [1.807, 2.05) is 24.3 Å². The molecule has 0 bridgehead atoms. The molecule has 1 aliphatic rings. The van der Waals surface area contributed by atoms with Crippen LogP contribution < -0.4 is 4.31 Å². The first kappa shape index (κ1) is 18.1. The largest absolute Gasteiger partial charge is 0.338 e. The van der Waals surface area contributed by atoms with E-state index in [0.717, 1.165) is 11.1 Å². The predicted octanol–water partition coefficient (Wildman–Crippen LogP) is 2.29. The van der Waals surface area contributed by atoms with Crippen molar-refractivity contribution in [1.82, 2.24) is 9.88 Å². The van der Waals surface area contributed by atoms with Crippen molar-refractivity contribution >= 4 is 27.7 Å². The van der Waals surface area contributed by atoms with Crippen LogP contribution in [0, 0.1) is 0 Å². The van der Waals surface area contributed by atoms with Crippen LogP contribution in [0.4, 0.5) is 5.69 Å². The fourth-order valence-electron chi connectivity index (χ4n) is 2.82. The Hall–Kier alpha value is -2.67. The Morgan fingerprint density at radius 1 is 1.27 bits per heavy atom. The van der Waals surface area contributed by atoms with Gasteiger partial charge in [0.1, 0.15) is 0 Å². The van der Waals surface area contributed by atoms with Gasteiger partial charge in [0.25, 0.3) is 0 Å². The first-order valence-corrected chi connectivity index (χ1v) is 9.99. The van der Waals surface area contributed by atoms with E-state index in [1.165, 1.54) is 10.4 Å². The second-order valence-corrected chi connectivity index (χ2v) is 8.23. The summed E-state index contributed by atoms with van der Waals surface area (Å²) in [5.41, 5.74) is 2.47. The Labute approximate surface area is 153 Å². The number of nitrogens with zero attached hydrogens (tertiary/aromatic N) is 3. The number of anilines is 1. The van der Waals surface area contributed by atoms with Crippen LogP contribution in [0.5, 0.6) is 0 Å². The number of sulfonamides is 1.